The molecule has 3 nitrogen and oxygen atoms in total. The predicted octanol–water partition coefficient (Wildman–Crippen LogP) is 1.23. The molecular formula is C16H21NO2. The van der Waals surface area contributed by atoms with Gasteiger partial charge in [0.1, 0.15) is 6.61 Å². The van der Waals surface area contributed by atoms with Gasteiger partial charge >= 0.3 is 0 Å². The summed E-state index contributed by atoms with van der Waals surface area (Å²) >= 11 is 0. The van der Waals surface area contributed by atoms with Crippen LogP contribution in [0.15, 0.2) is 24.3 Å². The summed E-state index contributed by atoms with van der Waals surface area (Å²) in [5.74, 6) is 5.98. The van der Waals surface area contributed by atoms with Crippen molar-refractivity contribution in [1.82, 2.24) is 4.90 Å². The first kappa shape index (κ1) is 14.1. The van der Waals surface area contributed by atoms with Gasteiger partial charge in [0.2, 0.25) is 0 Å². The van der Waals surface area contributed by atoms with E-state index in [1.807, 2.05) is 18.2 Å². The lowest BCUT2D eigenvalue weighted by molar-refractivity contribution is 0.0259. The van der Waals surface area contributed by atoms with Gasteiger partial charge in [0.15, 0.2) is 0 Å². The van der Waals surface area contributed by atoms with Crippen molar-refractivity contribution in [2.45, 2.75) is 26.0 Å². The molecule has 3 heteroatoms. The normalized spacial score (nSPS) is 23.7. The predicted molar refractivity (Wildman–Crippen MR) is 75.5 cm³/mol. The molecule has 1 fully saturated rings. The van der Waals surface area contributed by atoms with Crippen LogP contribution in [0.2, 0.25) is 0 Å². The minimum Gasteiger partial charge on any atom is -0.392 e. The third-order valence-corrected chi connectivity index (χ3v) is 3.65. The number of piperidine rings is 1. The fourth-order valence-corrected chi connectivity index (χ4v) is 2.41. The van der Waals surface area contributed by atoms with Crippen molar-refractivity contribution >= 4 is 0 Å². The summed E-state index contributed by atoms with van der Waals surface area (Å²) in [6.45, 7) is 4.62. The smallest absolute Gasteiger partial charge is 0.104 e. The maximum absolute atomic E-state index is 9.91. The monoisotopic (exact) mass is 259 g/mol. The van der Waals surface area contributed by atoms with Crippen molar-refractivity contribution < 1.29 is 10.2 Å². The van der Waals surface area contributed by atoms with Crippen LogP contribution in [0.4, 0.5) is 0 Å². The SMILES string of the molecule is CC1CCN(Cc2cccc(C#CCO)c2)CC1O. The number of aliphatic hydroxyl groups is 2. The zero-order chi connectivity index (χ0) is 13.7. The van der Waals surface area contributed by atoms with Crippen molar-refractivity contribution in [3.05, 3.63) is 35.4 Å². The van der Waals surface area contributed by atoms with E-state index in [0.717, 1.165) is 31.6 Å². The lowest BCUT2D eigenvalue weighted by atomic mass is 9.95. The van der Waals surface area contributed by atoms with E-state index < -0.39 is 0 Å². The van der Waals surface area contributed by atoms with E-state index in [-0.39, 0.29) is 12.7 Å². The first-order chi connectivity index (χ1) is 9.19. The maximum Gasteiger partial charge on any atom is 0.104 e. The van der Waals surface area contributed by atoms with Gasteiger partial charge in [-0.3, -0.25) is 4.90 Å². The molecule has 0 saturated carbocycles. The number of hydrogen-bond acceptors (Lipinski definition) is 3. The molecule has 0 aromatic heterocycles. The highest BCUT2D eigenvalue weighted by Crippen LogP contribution is 2.19. The Hall–Kier alpha value is -1.34. The van der Waals surface area contributed by atoms with E-state index in [1.54, 1.807) is 0 Å². The molecule has 19 heavy (non-hydrogen) atoms. The second kappa shape index (κ2) is 6.72. The fraction of sp³-hybridized carbons (Fsp3) is 0.500. The standard InChI is InChI=1S/C16H21NO2/c1-13-7-8-17(12-16(13)19)11-15-5-2-4-14(10-15)6-3-9-18/h2,4-5,10,13,16,18-19H,7-9,11-12H2,1H3. The first-order valence-electron chi connectivity index (χ1n) is 6.78. The van der Waals surface area contributed by atoms with E-state index in [4.69, 9.17) is 5.11 Å². The van der Waals surface area contributed by atoms with Gasteiger partial charge in [0.25, 0.3) is 0 Å². The molecule has 1 saturated heterocycles. The number of β-amino-alcohol motifs (C(OH)–C–C–N with tert-alkyl or cyclic N) is 1. The topological polar surface area (TPSA) is 43.7 Å². The largest absolute Gasteiger partial charge is 0.392 e. The summed E-state index contributed by atoms with van der Waals surface area (Å²) < 4.78 is 0. The van der Waals surface area contributed by atoms with Crippen LogP contribution in [-0.2, 0) is 6.54 Å². The molecule has 0 amide bonds. The molecule has 2 unspecified atom stereocenters. The van der Waals surface area contributed by atoms with Crippen molar-refractivity contribution in [2.75, 3.05) is 19.7 Å². The summed E-state index contributed by atoms with van der Waals surface area (Å²) in [6.07, 6.45) is 0.830. The third-order valence-electron chi connectivity index (χ3n) is 3.65. The van der Waals surface area contributed by atoms with Crippen LogP contribution in [0.3, 0.4) is 0 Å². The van der Waals surface area contributed by atoms with Crippen LogP contribution in [0.25, 0.3) is 0 Å². The van der Waals surface area contributed by atoms with Crippen LogP contribution < -0.4 is 0 Å². The van der Waals surface area contributed by atoms with E-state index >= 15 is 0 Å². The van der Waals surface area contributed by atoms with Crippen LogP contribution in [0.5, 0.6) is 0 Å². The Labute approximate surface area is 114 Å². The Bertz CT molecular complexity index is 475. The van der Waals surface area contributed by atoms with Gasteiger partial charge in [-0.2, -0.15) is 0 Å². The summed E-state index contributed by atoms with van der Waals surface area (Å²) in [7, 11) is 0. The Morgan fingerprint density at radius 2 is 2.26 bits per heavy atom. The Kier molecular flexibility index (Phi) is 4.98. The van der Waals surface area contributed by atoms with E-state index in [9.17, 15) is 5.11 Å². The van der Waals surface area contributed by atoms with Crippen LogP contribution in [0, 0.1) is 17.8 Å². The molecule has 0 spiro atoms. The number of aliphatic hydroxyl groups excluding tert-OH is 2. The number of likely N-dealkylation sites (tertiary alicyclic amines) is 1. The van der Waals surface area contributed by atoms with Gasteiger partial charge in [0.05, 0.1) is 6.10 Å². The van der Waals surface area contributed by atoms with Gasteiger partial charge in [-0.25, -0.2) is 0 Å². The second-order valence-corrected chi connectivity index (χ2v) is 5.23. The summed E-state index contributed by atoms with van der Waals surface area (Å²) in [5, 5.41) is 18.6. The van der Waals surface area contributed by atoms with Crippen molar-refractivity contribution in [3.8, 4) is 11.8 Å². The van der Waals surface area contributed by atoms with Crippen molar-refractivity contribution in [2.24, 2.45) is 5.92 Å². The maximum atomic E-state index is 9.91. The quantitative estimate of drug-likeness (QED) is 0.785. The number of nitrogens with zero attached hydrogens (tertiary/aromatic N) is 1. The molecule has 1 aliphatic rings. The molecule has 1 aromatic rings. The number of benzene rings is 1. The highest BCUT2D eigenvalue weighted by atomic mass is 16.3. The lowest BCUT2D eigenvalue weighted by Gasteiger charge is -2.34. The van der Waals surface area contributed by atoms with E-state index in [1.165, 1.54) is 5.56 Å². The fourth-order valence-electron chi connectivity index (χ4n) is 2.41. The minimum atomic E-state index is -0.217. The van der Waals surface area contributed by atoms with E-state index in [2.05, 4.69) is 29.7 Å². The van der Waals surface area contributed by atoms with Crippen molar-refractivity contribution in [1.29, 1.82) is 0 Å². The number of rotatable bonds is 2. The van der Waals surface area contributed by atoms with Gasteiger partial charge in [0, 0.05) is 18.7 Å². The Balaban J connectivity index is 1.99. The second-order valence-electron chi connectivity index (χ2n) is 5.23. The summed E-state index contributed by atoms with van der Waals surface area (Å²) in [6, 6.07) is 8.06. The summed E-state index contributed by atoms with van der Waals surface area (Å²) in [4.78, 5) is 2.28. The highest BCUT2D eigenvalue weighted by molar-refractivity contribution is 5.37. The molecule has 2 N–H and O–H groups in total. The van der Waals surface area contributed by atoms with E-state index in [0.29, 0.717) is 5.92 Å². The van der Waals surface area contributed by atoms with Crippen LogP contribution >= 0.6 is 0 Å². The molecule has 2 atom stereocenters. The molecule has 0 bridgehead atoms. The van der Waals surface area contributed by atoms with Gasteiger partial charge in [-0.1, -0.05) is 30.9 Å². The molecule has 1 aliphatic heterocycles. The van der Waals surface area contributed by atoms with Crippen LogP contribution in [-0.4, -0.2) is 40.9 Å². The zero-order valence-electron chi connectivity index (χ0n) is 11.3. The summed E-state index contributed by atoms with van der Waals surface area (Å²) in [5.41, 5.74) is 2.13. The zero-order valence-corrected chi connectivity index (χ0v) is 11.3. The van der Waals surface area contributed by atoms with Gasteiger partial charge < -0.3 is 10.2 Å². The molecule has 0 radical (unpaired) electrons. The third kappa shape index (κ3) is 4.07. The molecule has 1 aromatic carbocycles. The van der Waals surface area contributed by atoms with Gasteiger partial charge in [-0.15, -0.1) is 0 Å². The van der Waals surface area contributed by atoms with Gasteiger partial charge in [-0.05, 0) is 36.6 Å². The number of hydrogen-bond donors (Lipinski definition) is 2. The molecule has 102 valence electrons. The first-order valence-corrected chi connectivity index (χ1v) is 6.78. The molecule has 2 rings (SSSR count). The lowest BCUT2D eigenvalue weighted by Crippen LogP contribution is -2.42. The molecule has 1 heterocycles. The Morgan fingerprint density at radius 1 is 1.42 bits per heavy atom. The van der Waals surface area contributed by atoms with Crippen molar-refractivity contribution in [3.63, 3.8) is 0 Å². The minimum absolute atomic E-state index is 0.111. The Morgan fingerprint density at radius 3 is 3.00 bits per heavy atom. The highest BCUT2D eigenvalue weighted by Gasteiger charge is 2.23. The average molecular weight is 259 g/mol. The van der Waals surface area contributed by atoms with Crippen LogP contribution in [0.1, 0.15) is 24.5 Å². The average Bonchev–Trinajstić information content (AvgIpc) is 2.41. The molecule has 0 aliphatic carbocycles. The molecular weight excluding hydrogens is 238 g/mol.